The number of carbonyl (C=O) groups excluding carboxylic acids is 1. The van der Waals surface area contributed by atoms with Gasteiger partial charge in [-0.25, -0.2) is 0 Å². The molecule has 19 heavy (non-hydrogen) atoms. The van der Waals surface area contributed by atoms with Crippen molar-refractivity contribution < 1.29 is 9.53 Å². The normalized spacial score (nSPS) is 19.3. The van der Waals surface area contributed by atoms with Crippen LogP contribution in [-0.4, -0.2) is 30.0 Å². The van der Waals surface area contributed by atoms with Gasteiger partial charge in [0.05, 0.1) is 0 Å². The Balaban J connectivity index is 1.92. The number of amides is 1. The third-order valence-corrected chi connectivity index (χ3v) is 3.76. The molecule has 1 amide bonds. The zero-order valence-electron chi connectivity index (χ0n) is 10.9. The summed E-state index contributed by atoms with van der Waals surface area (Å²) in [5.41, 5.74) is 0. The molecule has 1 aliphatic heterocycles. The lowest BCUT2D eigenvalue weighted by molar-refractivity contribution is -0.136. The van der Waals surface area contributed by atoms with Gasteiger partial charge < -0.3 is 9.64 Å². The van der Waals surface area contributed by atoms with E-state index in [1.165, 1.54) is 6.42 Å². The molecule has 1 aromatic rings. The van der Waals surface area contributed by atoms with Crippen LogP contribution < -0.4 is 4.74 Å². The van der Waals surface area contributed by atoms with E-state index in [-0.39, 0.29) is 12.5 Å². The number of ether oxygens (including phenoxy) is 1. The van der Waals surface area contributed by atoms with E-state index in [0.29, 0.717) is 21.8 Å². The number of rotatable bonds is 3. The first-order valence-electron chi connectivity index (χ1n) is 6.44. The minimum Gasteiger partial charge on any atom is -0.484 e. The minimum absolute atomic E-state index is 0.0169. The highest BCUT2D eigenvalue weighted by Crippen LogP contribution is 2.24. The summed E-state index contributed by atoms with van der Waals surface area (Å²) < 4.78 is 5.47. The second kappa shape index (κ2) is 6.49. The zero-order chi connectivity index (χ0) is 13.8. The van der Waals surface area contributed by atoms with Crippen LogP contribution in [-0.2, 0) is 4.79 Å². The average molecular weight is 302 g/mol. The molecular formula is C14H17Cl2NO2. The molecule has 1 heterocycles. The fraction of sp³-hybridized carbons (Fsp3) is 0.500. The summed E-state index contributed by atoms with van der Waals surface area (Å²) >= 11 is 11.8. The molecule has 1 saturated heterocycles. The fourth-order valence-corrected chi connectivity index (χ4v) is 2.81. The Morgan fingerprint density at radius 1 is 1.32 bits per heavy atom. The molecule has 0 aromatic heterocycles. The van der Waals surface area contributed by atoms with E-state index in [0.717, 1.165) is 19.4 Å². The van der Waals surface area contributed by atoms with E-state index in [1.807, 2.05) is 4.90 Å². The van der Waals surface area contributed by atoms with Crippen LogP contribution in [0.2, 0.25) is 10.0 Å². The third-order valence-electron chi connectivity index (χ3n) is 3.32. The maximum Gasteiger partial charge on any atom is 0.260 e. The number of carbonyl (C=O) groups is 1. The van der Waals surface area contributed by atoms with Crippen LogP contribution in [0.15, 0.2) is 18.2 Å². The lowest BCUT2D eigenvalue weighted by atomic mass is 10.0. The van der Waals surface area contributed by atoms with Gasteiger partial charge in [0.1, 0.15) is 5.75 Å². The maximum absolute atomic E-state index is 12.1. The summed E-state index contributed by atoms with van der Waals surface area (Å²) in [7, 11) is 0. The van der Waals surface area contributed by atoms with E-state index in [4.69, 9.17) is 27.9 Å². The van der Waals surface area contributed by atoms with Crippen LogP contribution >= 0.6 is 23.2 Å². The van der Waals surface area contributed by atoms with Crippen molar-refractivity contribution in [2.75, 3.05) is 13.2 Å². The van der Waals surface area contributed by atoms with E-state index < -0.39 is 0 Å². The minimum atomic E-state index is 0.0169. The SMILES string of the molecule is CC1CCCCN1C(=O)COc1cc(Cl)cc(Cl)c1. The lowest BCUT2D eigenvalue weighted by Gasteiger charge is -2.33. The maximum atomic E-state index is 12.1. The first-order valence-corrected chi connectivity index (χ1v) is 7.20. The molecule has 0 N–H and O–H groups in total. The number of hydrogen-bond donors (Lipinski definition) is 0. The van der Waals surface area contributed by atoms with Crippen molar-refractivity contribution in [2.45, 2.75) is 32.2 Å². The second-order valence-electron chi connectivity index (χ2n) is 4.83. The molecule has 0 spiro atoms. The number of halogens is 2. The van der Waals surface area contributed by atoms with Crippen molar-refractivity contribution >= 4 is 29.1 Å². The number of likely N-dealkylation sites (tertiary alicyclic amines) is 1. The Bertz CT molecular complexity index is 445. The number of benzene rings is 1. The predicted octanol–water partition coefficient (Wildman–Crippen LogP) is 3.77. The van der Waals surface area contributed by atoms with Crippen LogP contribution in [0.25, 0.3) is 0 Å². The predicted molar refractivity (Wildman–Crippen MR) is 77.0 cm³/mol. The Morgan fingerprint density at radius 2 is 2.00 bits per heavy atom. The molecule has 1 aromatic carbocycles. The van der Waals surface area contributed by atoms with Crippen LogP contribution in [0.4, 0.5) is 0 Å². The average Bonchev–Trinajstić information content (AvgIpc) is 2.35. The van der Waals surface area contributed by atoms with Gasteiger partial charge in [-0.1, -0.05) is 23.2 Å². The smallest absolute Gasteiger partial charge is 0.260 e. The van der Waals surface area contributed by atoms with Crippen LogP contribution in [0.1, 0.15) is 26.2 Å². The lowest BCUT2D eigenvalue weighted by Crippen LogP contribution is -2.44. The molecule has 3 nitrogen and oxygen atoms in total. The Kier molecular flexibility index (Phi) is 4.94. The molecule has 5 heteroatoms. The van der Waals surface area contributed by atoms with Gasteiger partial charge in [0.15, 0.2) is 6.61 Å². The molecule has 2 rings (SSSR count). The Hall–Kier alpha value is -0.930. The summed E-state index contributed by atoms with van der Waals surface area (Å²) in [6, 6.07) is 5.23. The van der Waals surface area contributed by atoms with E-state index in [1.54, 1.807) is 18.2 Å². The van der Waals surface area contributed by atoms with Crippen LogP contribution in [0, 0.1) is 0 Å². The molecule has 1 fully saturated rings. The van der Waals surface area contributed by atoms with Gasteiger partial charge in [-0.3, -0.25) is 4.79 Å². The van der Waals surface area contributed by atoms with E-state index in [9.17, 15) is 4.79 Å². The van der Waals surface area contributed by atoms with Crippen LogP contribution in [0.5, 0.6) is 5.75 Å². The van der Waals surface area contributed by atoms with Gasteiger partial charge in [0.25, 0.3) is 5.91 Å². The van der Waals surface area contributed by atoms with Crippen molar-refractivity contribution in [2.24, 2.45) is 0 Å². The Labute approximate surface area is 123 Å². The van der Waals surface area contributed by atoms with Gasteiger partial charge in [-0.2, -0.15) is 0 Å². The molecule has 0 saturated carbocycles. The van der Waals surface area contributed by atoms with Gasteiger partial charge in [0.2, 0.25) is 0 Å². The highest BCUT2D eigenvalue weighted by Gasteiger charge is 2.23. The molecule has 1 aliphatic rings. The largest absolute Gasteiger partial charge is 0.484 e. The summed E-state index contributed by atoms with van der Waals surface area (Å²) in [6.45, 7) is 2.92. The van der Waals surface area contributed by atoms with Crippen molar-refractivity contribution in [3.63, 3.8) is 0 Å². The molecule has 0 bridgehead atoms. The molecule has 104 valence electrons. The highest BCUT2D eigenvalue weighted by atomic mass is 35.5. The van der Waals surface area contributed by atoms with Crippen molar-refractivity contribution in [3.8, 4) is 5.75 Å². The number of nitrogens with zero attached hydrogens (tertiary/aromatic N) is 1. The molecular weight excluding hydrogens is 285 g/mol. The third kappa shape index (κ3) is 4.02. The summed E-state index contributed by atoms with van der Waals surface area (Å²) in [6.07, 6.45) is 3.32. The van der Waals surface area contributed by atoms with Crippen molar-refractivity contribution in [3.05, 3.63) is 28.2 Å². The van der Waals surface area contributed by atoms with Gasteiger partial charge in [0, 0.05) is 22.6 Å². The standard InChI is InChI=1S/C14H17Cl2NO2/c1-10-4-2-3-5-17(10)14(18)9-19-13-7-11(15)6-12(16)8-13/h6-8,10H,2-5,9H2,1H3. The van der Waals surface area contributed by atoms with Crippen LogP contribution in [0.3, 0.4) is 0 Å². The summed E-state index contributed by atoms with van der Waals surface area (Å²) in [4.78, 5) is 14.0. The molecule has 0 radical (unpaired) electrons. The van der Waals surface area contributed by atoms with Gasteiger partial charge in [-0.15, -0.1) is 0 Å². The Morgan fingerprint density at radius 3 is 2.63 bits per heavy atom. The molecule has 1 atom stereocenters. The van der Waals surface area contributed by atoms with E-state index >= 15 is 0 Å². The monoisotopic (exact) mass is 301 g/mol. The first kappa shape index (κ1) is 14.5. The highest BCUT2D eigenvalue weighted by molar-refractivity contribution is 6.34. The fourth-order valence-electron chi connectivity index (χ4n) is 2.31. The molecule has 0 aliphatic carbocycles. The second-order valence-corrected chi connectivity index (χ2v) is 5.70. The number of hydrogen-bond acceptors (Lipinski definition) is 2. The van der Waals surface area contributed by atoms with Gasteiger partial charge in [-0.05, 0) is 44.4 Å². The topological polar surface area (TPSA) is 29.5 Å². The number of piperidine rings is 1. The summed E-state index contributed by atoms with van der Waals surface area (Å²) in [5, 5.41) is 1.00. The van der Waals surface area contributed by atoms with Crippen molar-refractivity contribution in [1.82, 2.24) is 4.90 Å². The molecule has 1 unspecified atom stereocenters. The summed E-state index contributed by atoms with van der Waals surface area (Å²) in [5.74, 6) is 0.541. The van der Waals surface area contributed by atoms with Gasteiger partial charge >= 0.3 is 0 Å². The first-order chi connectivity index (χ1) is 9.06. The van der Waals surface area contributed by atoms with E-state index in [2.05, 4.69) is 6.92 Å². The van der Waals surface area contributed by atoms with Crippen molar-refractivity contribution in [1.29, 1.82) is 0 Å². The quantitative estimate of drug-likeness (QED) is 0.850. The zero-order valence-corrected chi connectivity index (χ0v) is 12.4.